The summed E-state index contributed by atoms with van der Waals surface area (Å²) in [6, 6.07) is -0.519. The number of piperazine rings is 1. The summed E-state index contributed by atoms with van der Waals surface area (Å²) < 4.78 is 35.3. The molecule has 3 atom stereocenters. The van der Waals surface area contributed by atoms with E-state index in [0.717, 1.165) is 12.8 Å². The standard InChI is InChI=1S/C12H20N2O5S/c1-12(2,3)19-11(15)14-8-4-5-9(14)10-7-18-20(16,17)13(10)6-8/h8-10H,4-7H2,1-3H3/t8-,9+,10+/m0/s1. The molecule has 114 valence electrons. The van der Waals surface area contributed by atoms with Crippen LogP contribution in [-0.2, 0) is 19.2 Å². The van der Waals surface area contributed by atoms with Gasteiger partial charge in [-0.3, -0.25) is 9.08 Å². The fourth-order valence-electron chi connectivity index (χ4n) is 3.28. The van der Waals surface area contributed by atoms with Crippen molar-refractivity contribution in [1.82, 2.24) is 9.21 Å². The summed E-state index contributed by atoms with van der Waals surface area (Å²) in [6.45, 7) is 5.91. The summed E-state index contributed by atoms with van der Waals surface area (Å²) in [6.07, 6.45) is 1.25. The first-order valence-electron chi connectivity index (χ1n) is 6.86. The van der Waals surface area contributed by atoms with Crippen molar-refractivity contribution >= 4 is 16.4 Å². The maximum atomic E-state index is 12.3. The summed E-state index contributed by atoms with van der Waals surface area (Å²) in [4.78, 5) is 14.0. The Labute approximate surface area is 119 Å². The van der Waals surface area contributed by atoms with E-state index in [1.807, 2.05) is 20.8 Å². The van der Waals surface area contributed by atoms with Gasteiger partial charge in [-0.15, -0.1) is 0 Å². The summed E-state index contributed by atoms with van der Waals surface area (Å²) in [7, 11) is -3.60. The van der Waals surface area contributed by atoms with Crippen LogP contribution in [-0.4, -0.2) is 60.6 Å². The smallest absolute Gasteiger partial charge is 0.410 e. The van der Waals surface area contributed by atoms with Crippen LogP contribution in [0.3, 0.4) is 0 Å². The van der Waals surface area contributed by atoms with E-state index < -0.39 is 15.9 Å². The largest absolute Gasteiger partial charge is 0.444 e. The Morgan fingerprint density at radius 3 is 2.60 bits per heavy atom. The van der Waals surface area contributed by atoms with Crippen LogP contribution in [0.2, 0.25) is 0 Å². The lowest BCUT2D eigenvalue weighted by molar-refractivity contribution is -0.00527. The van der Waals surface area contributed by atoms with E-state index in [1.165, 1.54) is 4.31 Å². The van der Waals surface area contributed by atoms with Gasteiger partial charge in [0.05, 0.1) is 18.7 Å². The third kappa shape index (κ3) is 2.19. The topological polar surface area (TPSA) is 76.1 Å². The van der Waals surface area contributed by atoms with E-state index in [9.17, 15) is 13.2 Å². The lowest BCUT2D eigenvalue weighted by Gasteiger charge is -2.41. The highest BCUT2D eigenvalue weighted by Gasteiger charge is 2.56. The predicted molar refractivity (Wildman–Crippen MR) is 70.2 cm³/mol. The Hall–Kier alpha value is -0.860. The summed E-state index contributed by atoms with van der Waals surface area (Å²) in [5.74, 6) is 0. The van der Waals surface area contributed by atoms with Crippen molar-refractivity contribution in [3.63, 3.8) is 0 Å². The van der Waals surface area contributed by atoms with E-state index in [-0.39, 0.29) is 30.8 Å². The Morgan fingerprint density at radius 2 is 1.95 bits per heavy atom. The molecule has 0 aromatic carbocycles. The van der Waals surface area contributed by atoms with Crippen molar-refractivity contribution in [1.29, 1.82) is 0 Å². The fourth-order valence-corrected chi connectivity index (χ4v) is 4.61. The second-order valence-electron chi connectivity index (χ2n) is 6.57. The Kier molecular flexibility index (Phi) is 3.04. The Morgan fingerprint density at radius 1 is 1.25 bits per heavy atom. The minimum absolute atomic E-state index is 0.109. The molecule has 3 aliphatic heterocycles. The zero-order valence-corrected chi connectivity index (χ0v) is 12.7. The SMILES string of the molecule is CC(C)(C)OC(=O)N1[C@H]2CC[C@@H]1[C@H]1COS(=O)(=O)N1C2. The number of hydrogen-bond acceptors (Lipinski definition) is 5. The van der Waals surface area contributed by atoms with Crippen molar-refractivity contribution in [3.8, 4) is 0 Å². The molecule has 1 amide bonds. The molecule has 0 spiro atoms. The van der Waals surface area contributed by atoms with E-state index >= 15 is 0 Å². The highest BCUT2D eigenvalue weighted by Crippen LogP contribution is 2.39. The molecular formula is C12H20N2O5S. The summed E-state index contributed by atoms with van der Waals surface area (Å²) >= 11 is 0. The average molecular weight is 304 g/mol. The maximum Gasteiger partial charge on any atom is 0.410 e. The molecule has 3 heterocycles. The first-order valence-corrected chi connectivity index (χ1v) is 8.23. The van der Waals surface area contributed by atoms with Gasteiger partial charge in [0.15, 0.2) is 0 Å². The van der Waals surface area contributed by atoms with Gasteiger partial charge in [0.1, 0.15) is 5.60 Å². The van der Waals surface area contributed by atoms with E-state index in [0.29, 0.717) is 6.54 Å². The fraction of sp³-hybridized carbons (Fsp3) is 0.917. The van der Waals surface area contributed by atoms with Gasteiger partial charge in [-0.05, 0) is 33.6 Å². The lowest BCUT2D eigenvalue weighted by Crippen LogP contribution is -2.61. The van der Waals surface area contributed by atoms with Crippen LogP contribution >= 0.6 is 0 Å². The Balaban J connectivity index is 1.82. The van der Waals surface area contributed by atoms with Crippen molar-refractivity contribution in [2.75, 3.05) is 13.2 Å². The van der Waals surface area contributed by atoms with Gasteiger partial charge < -0.3 is 4.74 Å². The van der Waals surface area contributed by atoms with E-state index in [1.54, 1.807) is 4.90 Å². The molecule has 0 N–H and O–H groups in total. The van der Waals surface area contributed by atoms with Gasteiger partial charge >= 0.3 is 16.4 Å². The molecule has 2 bridgehead atoms. The van der Waals surface area contributed by atoms with Gasteiger partial charge in [-0.1, -0.05) is 0 Å². The van der Waals surface area contributed by atoms with Gasteiger partial charge in [-0.25, -0.2) is 4.79 Å². The third-order valence-electron chi connectivity index (χ3n) is 4.03. The number of fused-ring (bicyclic) bond motifs is 4. The lowest BCUT2D eigenvalue weighted by atomic mass is 10.1. The number of nitrogens with zero attached hydrogens (tertiary/aromatic N) is 2. The van der Waals surface area contributed by atoms with Crippen molar-refractivity contribution < 1.29 is 22.1 Å². The van der Waals surface area contributed by atoms with Crippen LogP contribution in [0.15, 0.2) is 0 Å². The Bertz CT molecular complexity index is 526. The highest BCUT2D eigenvalue weighted by atomic mass is 32.2. The number of carbonyl (C=O) groups is 1. The molecule has 20 heavy (non-hydrogen) atoms. The second kappa shape index (κ2) is 4.32. The van der Waals surface area contributed by atoms with Crippen LogP contribution < -0.4 is 0 Å². The summed E-state index contributed by atoms with van der Waals surface area (Å²) in [5, 5.41) is 0. The van der Waals surface area contributed by atoms with Crippen LogP contribution in [0.1, 0.15) is 33.6 Å². The molecule has 0 radical (unpaired) electrons. The molecule has 7 nitrogen and oxygen atoms in total. The van der Waals surface area contributed by atoms with Gasteiger partial charge in [-0.2, -0.15) is 12.7 Å². The van der Waals surface area contributed by atoms with Crippen molar-refractivity contribution in [2.24, 2.45) is 0 Å². The van der Waals surface area contributed by atoms with Crippen molar-refractivity contribution in [2.45, 2.75) is 57.3 Å². The normalized spacial score (nSPS) is 36.0. The minimum atomic E-state index is -3.60. The van der Waals surface area contributed by atoms with E-state index in [4.69, 9.17) is 8.92 Å². The number of rotatable bonds is 0. The first-order chi connectivity index (χ1) is 9.19. The number of amides is 1. The maximum absolute atomic E-state index is 12.3. The van der Waals surface area contributed by atoms with Crippen LogP contribution in [0.25, 0.3) is 0 Å². The minimum Gasteiger partial charge on any atom is -0.444 e. The zero-order chi connectivity index (χ0) is 14.7. The molecule has 0 aliphatic carbocycles. The van der Waals surface area contributed by atoms with Gasteiger partial charge in [0.2, 0.25) is 0 Å². The number of hydrogen-bond donors (Lipinski definition) is 0. The molecule has 3 saturated heterocycles. The molecule has 3 rings (SSSR count). The predicted octanol–water partition coefficient (Wildman–Crippen LogP) is 0.714. The summed E-state index contributed by atoms with van der Waals surface area (Å²) in [5.41, 5.74) is -0.550. The van der Waals surface area contributed by atoms with Crippen LogP contribution in [0.4, 0.5) is 4.79 Å². The third-order valence-corrected chi connectivity index (χ3v) is 5.46. The monoisotopic (exact) mass is 304 g/mol. The average Bonchev–Trinajstić information content (AvgIpc) is 2.76. The highest BCUT2D eigenvalue weighted by molar-refractivity contribution is 7.84. The molecule has 0 aromatic rings. The number of ether oxygens (including phenoxy) is 1. The number of carbonyl (C=O) groups excluding carboxylic acids is 1. The van der Waals surface area contributed by atoms with Gasteiger partial charge in [0, 0.05) is 12.6 Å². The first kappa shape index (κ1) is 14.1. The van der Waals surface area contributed by atoms with Crippen molar-refractivity contribution in [3.05, 3.63) is 0 Å². The van der Waals surface area contributed by atoms with E-state index in [2.05, 4.69) is 0 Å². The molecule has 3 fully saturated rings. The molecule has 8 heteroatoms. The molecular weight excluding hydrogens is 284 g/mol. The van der Waals surface area contributed by atoms with Gasteiger partial charge in [0.25, 0.3) is 0 Å². The molecule has 0 aromatic heterocycles. The quantitative estimate of drug-likeness (QED) is 0.659. The molecule has 0 saturated carbocycles. The van der Waals surface area contributed by atoms with Crippen LogP contribution in [0, 0.1) is 0 Å². The molecule has 0 unspecified atom stereocenters. The molecule has 3 aliphatic rings. The second-order valence-corrected chi connectivity index (χ2v) is 8.13. The van der Waals surface area contributed by atoms with Crippen LogP contribution in [0.5, 0.6) is 0 Å². The zero-order valence-electron chi connectivity index (χ0n) is 11.9.